The first-order valence-electron chi connectivity index (χ1n) is 10.5. The molecule has 1 aromatic carbocycles. The molecule has 1 unspecified atom stereocenters. The fourth-order valence-corrected chi connectivity index (χ4v) is 3.94. The van der Waals surface area contributed by atoms with Gasteiger partial charge in [0, 0.05) is 50.3 Å². The van der Waals surface area contributed by atoms with Crippen LogP contribution in [0.4, 0.5) is 14.5 Å². The third-order valence-electron chi connectivity index (χ3n) is 5.83. The van der Waals surface area contributed by atoms with Crippen molar-refractivity contribution in [3.8, 4) is 0 Å². The minimum Gasteiger partial charge on any atom is -0.370 e. The van der Waals surface area contributed by atoms with E-state index in [1.165, 1.54) is 29.7 Å². The van der Waals surface area contributed by atoms with Crippen LogP contribution in [-0.2, 0) is 17.9 Å². The molecule has 6 nitrogen and oxygen atoms in total. The zero-order valence-electron chi connectivity index (χ0n) is 16.8. The molecule has 2 aliphatic rings. The number of anilines is 1. The van der Waals surface area contributed by atoms with Crippen LogP contribution in [0.3, 0.4) is 0 Å². The van der Waals surface area contributed by atoms with E-state index in [1.807, 2.05) is 0 Å². The predicted molar refractivity (Wildman–Crippen MR) is 109 cm³/mol. The second-order valence-electron chi connectivity index (χ2n) is 8.35. The highest BCUT2D eigenvalue weighted by Crippen LogP contribution is 2.30. The Morgan fingerprint density at radius 3 is 2.73 bits per heavy atom. The Morgan fingerprint density at radius 2 is 2.00 bits per heavy atom. The highest BCUT2D eigenvalue weighted by Gasteiger charge is 2.25. The number of hydrogen-bond acceptors (Lipinski definition) is 4. The van der Waals surface area contributed by atoms with Gasteiger partial charge in [-0.1, -0.05) is 6.07 Å². The van der Waals surface area contributed by atoms with Crippen molar-refractivity contribution in [2.24, 2.45) is 11.8 Å². The van der Waals surface area contributed by atoms with Crippen molar-refractivity contribution in [1.82, 2.24) is 15.1 Å². The van der Waals surface area contributed by atoms with Crippen molar-refractivity contribution in [1.29, 1.82) is 0 Å². The lowest BCUT2D eigenvalue weighted by molar-refractivity contribution is -0.122. The van der Waals surface area contributed by atoms with Crippen molar-refractivity contribution in [3.63, 3.8) is 0 Å². The zero-order valence-corrected chi connectivity index (χ0v) is 16.8. The van der Waals surface area contributed by atoms with E-state index in [2.05, 4.69) is 15.3 Å². The second-order valence-corrected chi connectivity index (χ2v) is 8.35. The molecule has 8 heteroatoms. The fraction of sp³-hybridized carbons (Fsp3) is 0.500. The molecule has 2 fully saturated rings. The maximum atomic E-state index is 13.7. The Balaban J connectivity index is 1.30. The molecule has 1 aromatic heterocycles. The van der Waals surface area contributed by atoms with Crippen LogP contribution in [0.1, 0.15) is 37.7 Å². The number of piperidine rings is 1. The molecular formula is C22H26F2N4O2. The van der Waals surface area contributed by atoms with Gasteiger partial charge >= 0.3 is 0 Å². The molecule has 1 aliphatic heterocycles. The van der Waals surface area contributed by atoms with Gasteiger partial charge in [-0.3, -0.25) is 9.59 Å². The van der Waals surface area contributed by atoms with Gasteiger partial charge in [0.1, 0.15) is 11.6 Å². The first-order chi connectivity index (χ1) is 14.5. The van der Waals surface area contributed by atoms with E-state index in [1.54, 1.807) is 12.3 Å². The van der Waals surface area contributed by atoms with Gasteiger partial charge in [0.05, 0.1) is 11.9 Å². The summed E-state index contributed by atoms with van der Waals surface area (Å²) in [6.45, 7) is 2.22. The summed E-state index contributed by atoms with van der Waals surface area (Å²) in [6, 6.07) is 4.96. The Bertz CT molecular complexity index is 974. The van der Waals surface area contributed by atoms with E-state index < -0.39 is 11.6 Å². The molecule has 2 heterocycles. The van der Waals surface area contributed by atoms with Crippen molar-refractivity contribution in [3.05, 3.63) is 58.0 Å². The summed E-state index contributed by atoms with van der Waals surface area (Å²) in [5, 5.41) is 7.03. The Hall–Kier alpha value is -2.77. The van der Waals surface area contributed by atoms with E-state index in [0.29, 0.717) is 25.4 Å². The number of hydrogen-bond donors (Lipinski definition) is 1. The monoisotopic (exact) mass is 416 g/mol. The van der Waals surface area contributed by atoms with Crippen LogP contribution < -0.4 is 15.8 Å². The lowest BCUT2D eigenvalue weighted by Crippen LogP contribution is -2.39. The number of halogens is 2. The summed E-state index contributed by atoms with van der Waals surface area (Å²) in [5.41, 5.74) is 0.971. The number of rotatable bonds is 7. The van der Waals surface area contributed by atoms with E-state index >= 15 is 0 Å². The van der Waals surface area contributed by atoms with Gasteiger partial charge in [0.25, 0.3) is 5.56 Å². The number of benzene rings is 1. The molecule has 1 saturated carbocycles. The quantitative estimate of drug-likeness (QED) is 0.754. The maximum absolute atomic E-state index is 13.7. The third kappa shape index (κ3) is 5.23. The summed E-state index contributed by atoms with van der Waals surface area (Å²) in [7, 11) is 0. The Labute approximate surface area is 173 Å². The van der Waals surface area contributed by atoms with Crippen LogP contribution in [-0.4, -0.2) is 28.8 Å². The van der Waals surface area contributed by atoms with Gasteiger partial charge in [-0.2, -0.15) is 5.10 Å². The molecule has 0 radical (unpaired) electrons. The van der Waals surface area contributed by atoms with Gasteiger partial charge in [0.2, 0.25) is 5.91 Å². The molecule has 4 rings (SSSR count). The van der Waals surface area contributed by atoms with E-state index in [9.17, 15) is 18.4 Å². The zero-order chi connectivity index (χ0) is 21.1. The van der Waals surface area contributed by atoms with Crippen LogP contribution in [0.2, 0.25) is 0 Å². The minimum absolute atomic E-state index is 0.0323. The first-order valence-corrected chi connectivity index (χ1v) is 10.5. The second kappa shape index (κ2) is 8.93. The fourth-order valence-electron chi connectivity index (χ4n) is 3.94. The van der Waals surface area contributed by atoms with Crippen molar-refractivity contribution in [2.45, 2.75) is 45.2 Å². The minimum atomic E-state index is -0.664. The normalized spacial score (nSPS) is 19.0. The molecule has 0 bridgehead atoms. The third-order valence-corrected chi connectivity index (χ3v) is 5.83. The summed E-state index contributed by atoms with van der Waals surface area (Å²) >= 11 is 0. The van der Waals surface area contributed by atoms with Crippen LogP contribution in [0.15, 0.2) is 35.3 Å². The number of aromatic nitrogens is 2. The number of carbonyl (C=O) groups is 1. The number of amides is 1. The lowest BCUT2D eigenvalue weighted by Gasteiger charge is -2.34. The van der Waals surface area contributed by atoms with Crippen molar-refractivity contribution in [2.75, 3.05) is 18.0 Å². The standard InChI is InChI=1S/C22H26F2N4O2/c23-18-6-5-17(20(24)9-18)11-25-21(29)8-16-2-1-7-27(13-16)19-10-22(30)28(26-12-19)14-15-3-4-15/h5-6,9-10,12,15-16H,1-4,7-8,11,13-14H2,(H,25,29). The molecule has 0 spiro atoms. The topological polar surface area (TPSA) is 67.2 Å². The molecule has 1 aliphatic carbocycles. The largest absolute Gasteiger partial charge is 0.370 e. The average molecular weight is 416 g/mol. The smallest absolute Gasteiger partial charge is 0.268 e. The highest BCUT2D eigenvalue weighted by atomic mass is 19.1. The van der Waals surface area contributed by atoms with Gasteiger partial charge in [-0.25, -0.2) is 13.5 Å². The summed E-state index contributed by atoms with van der Waals surface area (Å²) in [4.78, 5) is 26.8. The Kier molecular flexibility index (Phi) is 6.11. The molecule has 30 heavy (non-hydrogen) atoms. The van der Waals surface area contributed by atoms with Crippen molar-refractivity contribution >= 4 is 11.6 Å². The van der Waals surface area contributed by atoms with Crippen LogP contribution in [0.5, 0.6) is 0 Å². The predicted octanol–water partition coefficient (Wildman–Crippen LogP) is 2.85. The molecule has 1 atom stereocenters. The Morgan fingerprint density at radius 1 is 1.17 bits per heavy atom. The summed E-state index contributed by atoms with van der Waals surface area (Å²) < 4.78 is 28.2. The molecule has 1 saturated heterocycles. The van der Waals surface area contributed by atoms with Crippen LogP contribution in [0, 0.1) is 23.5 Å². The lowest BCUT2D eigenvalue weighted by atomic mass is 9.94. The van der Waals surface area contributed by atoms with Gasteiger partial charge in [-0.05, 0) is 43.6 Å². The van der Waals surface area contributed by atoms with Crippen molar-refractivity contribution < 1.29 is 13.6 Å². The number of carbonyl (C=O) groups excluding carboxylic acids is 1. The highest BCUT2D eigenvalue weighted by molar-refractivity contribution is 5.76. The van der Waals surface area contributed by atoms with Gasteiger partial charge in [-0.15, -0.1) is 0 Å². The maximum Gasteiger partial charge on any atom is 0.268 e. The first kappa shape index (κ1) is 20.5. The van der Waals surface area contributed by atoms with Crippen LogP contribution in [0.25, 0.3) is 0 Å². The van der Waals surface area contributed by atoms with Gasteiger partial charge in [0.15, 0.2) is 0 Å². The summed E-state index contributed by atoms with van der Waals surface area (Å²) in [5.74, 6) is -0.737. The van der Waals surface area contributed by atoms with E-state index in [-0.39, 0.29) is 29.5 Å². The number of nitrogens with one attached hydrogen (secondary N) is 1. The van der Waals surface area contributed by atoms with Gasteiger partial charge < -0.3 is 10.2 Å². The molecular weight excluding hydrogens is 390 g/mol. The number of nitrogens with zero attached hydrogens (tertiary/aromatic N) is 3. The summed E-state index contributed by atoms with van der Waals surface area (Å²) in [6.07, 6.45) is 6.24. The molecule has 2 aromatic rings. The SMILES string of the molecule is O=C(CC1CCCN(c2cnn(CC3CC3)c(=O)c2)C1)NCc1ccc(F)cc1F. The molecule has 160 valence electrons. The molecule has 1 amide bonds. The van der Waals surface area contributed by atoms with E-state index in [4.69, 9.17) is 0 Å². The molecule has 1 N–H and O–H groups in total. The average Bonchev–Trinajstić information content (AvgIpc) is 3.53. The van der Waals surface area contributed by atoms with E-state index in [0.717, 1.165) is 31.1 Å². The van der Waals surface area contributed by atoms with Crippen LogP contribution >= 0.6 is 0 Å².